The van der Waals surface area contributed by atoms with E-state index < -0.39 is 5.97 Å². The third kappa shape index (κ3) is 4.52. The van der Waals surface area contributed by atoms with E-state index in [0.717, 1.165) is 25.8 Å². The Kier molecular flexibility index (Phi) is 5.21. The summed E-state index contributed by atoms with van der Waals surface area (Å²) in [6, 6.07) is 4.01. The standard InChI is InChI=1S/C12H13Br2NO2/c1-7-3-9(13)12(10(14)4-7)15-6-8(2)5-11(16)17/h3-5,15H,6H2,1-2H3,(H,16,17). The molecule has 0 radical (unpaired) electrons. The summed E-state index contributed by atoms with van der Waals surface area (Å²) < 4.78 is 1.90. The molecule has 5 heteroatoms. The Bertz CT molecular complexity index is 447. The van der Waals surface area contributed by atoms with Gasteiger partial charge in [-0.1, -0.05) is 0 Å². The van der Waals surface area contributed by atoms with E-state index in [1.165, 1.54) is 6.08 Å². The van der Waals surface area contributed by atoms with Crippen molar-refractivity contribution in [2.24, 2.45) is 0 Å². The van der Waals surface area contributed by atoms with E-state index in [4.69, 9.17) is 5.11 Å². The van der Waals surface area contributed by atoms with E-state index in [9.17, 15) is 4.79 Å². The van der Waals surface area contributed by atoms with Crippen molar-refractivity contribution in [2.75, 3.05) is 11.9 Å². The van der Waals surface area contributed by atoms with E-state index in [-0.39, 0.29) is 0 Å². The molecule has 17 heavy (non-hydrogen) atoms. The van der Waals surface area contributed by atoms with E-state index in [1.807, 2.05) is 19.1 Å². The van der Waals surface area contributed by atoms with Gasteiger partial charge in [0.25, 0.3) is 0 Å². The first kappa shape index (κ1) is 14.3. The van der Waals surface area contributed by atoms with Gasteiger partial charge >= 0.3 is 5.97 Å². The maximum absolute atomic E-state index is 10.5. The van der Waals surface area contributed by atoms with Crippen molar-refractivity contribution in [3.63, 3.8) is 0 Å². The summed E-state index contributed by atoms with van der Waals surface area (Å²) in [6.45, 7) is 4.28. The van der Waals surface area contributed by atoms with Crippen molar-refractivity contribution in [2.45, 2.75) is 13.8 Å². The minimum atomic E-state index is -0.925. The number of nitrogens with one attached hydrogen (secondary N) is 1. The Morgan fingerprint density at radius 2 is 1.94 bits per heavy atom. The maximum atomic E-state index is 10.5. The molecule has 0 saturated carbocycles. The van der Waals surface area contributed by atoms with Gasteiger partial charge in [0.05, 0.1) is 5.69 Å². The monoisotopic (exact) mass is 361 g/mol. The van der Waals surface area contributed by atoms with Crippen LogP contribution < -0.4 is 5.32 Å². The van der Waals surface area contributed by atoms with Crippen LogP contribution in [0.4, 0.5) is 5.69 Å². The van der Waals surface area contributed by atoms with Gasteiger partial charge in [-0.05, 0) is 69.0 Å². The normalized spacial score (nSPS) is 11.4. The molecule has 0 atom stereocenters. The highest BCUT2D eigenvalue weighted by Gasteiger charge is 2.05. The highest BCUT2D eigenvalue weighted by atomic mass is 79.9. The highest BCUT2D eigenvalue weighted by molar-refractivity contribution is 9.11. The Labute approximate surface area is 117 Å². The molecule has 0 unspecified atom stereocenters. The lowest BCUT2D eigenvalue weighted by atomic mass is 10.2. The zero-order chi connectivity index (χ0) is 13.0. The molecule has 0 fully saturated rings. The molecule has 0 amide bonds. The van der Waals surface area contributed by atoms with Crippen molar-refractivity contribution in [3.8, 4) is 0 Å². The number of hydrogen-bond donors (Lipinski definition) is 2. The molecule has 1 aromatic rings. The summed E-state index contributed by atoms with van der Waals surface area (Å²) in [5.41, 5.74) is 2.83. The van der Waals surface area contributed by atoms with Gasteiger partial charge in [0.15, 0.2) is 0 Å². The number of carboxylic acid groups (broad SMARTS) is 1. The number of aryl methyl sites for hydroxylation is 1. The molecular formula is C12H13Br2NO2. The lowest BCUT2D eigenvalue weighted by Gasteiger charge is -2.11. The van der Waals surface area contributed by atoms with Gasteiger partial charge in [0.2, 0.25) is 0 Å². The second-order valence-corrected chi connectivity index (χ2v) is 5.49. The Morgan fingerprint density at radius 1 is 1.41 bits per heavy atom. The van der Waals surface area contributed by atoms with Gasteiger partial charge in [0, 0.05) is 21.6 Å². The van der Waals surface area contributed by atoms with E-state index in [1.54, 1.807) is 6.92 Å². The van der Waals surface area contributed by atoms with Crippen LogP contribution in [-0.2, 0) is 4.79 Å². The smallest absolute Gasteiger partial charge is 0.328 e. The number of carboxylic acids is 1. The van der Waals surface area contributed by atoms with Crippen LogP contribution >= 0.6 is 31.9 Å². The molecule has 0 aromatic heterocycles. The summed E-state index contributed by atoms with van der Waals surface area (Å²) >= 11 is 6.94. The van der Waals surface area contributed by atoms with Crippen LogP contribution in [-0.4, -0.2) is 17.6 Å². The number of rotatable bonds is 4. The molecule has 0 aliphatic carbocycles. The van der Waals surface area contributed by atoms with Crippen LogP contribution in [0.1, 0.15) is 12.5 Å². The predicted molar refractivity (Wildman–Crippen MR) is 76.5 cm³/mol. The minimum absolute atomic E-state index is 0.493. The number of carbonyl (C=O) groups is 1. The second-order valence-electron chi connectivity index (χ2n) is 3.79. The summed E-state index contributed by atoms with van der Waals surface area (Å²) in [6.07, 6.45) is 1.20. The third-order valence-electron chi connectivity index (χ3n) is 2.10. The molecule has 1 aromatic carbocycles. The zero-order valence-corrected chi connectivity index (χ0v) is 12.7. The molecule has 3 nitrogen and oxygen atoms in total. The van der Waals surface area contributed by atoms with Gasteiger partial charge in [0.1, 0.15) is 0 Å². The molecule has 92 valence electrons. The third-order valence-corrected chi connectivity index (χ3v) is 3.35. The molecule has 0 saturated heterocycles. The average Bonchev–Trinajstić information content (AvgIpc) is 2.14. The number of hydrogen-bond acceptors (Lipinski definition) is 2. The summed E-state index contributed by atoms with van der Waals surface area (Å²) in [5, 5.41) is 11.8. The van der Waals surface area contributed by atoms with Crippen molar-refractivity contribution in [3.05, 3.63) is 38.3 Å². The van der Waals surface area contributed by atoms with Crippen molar-refractivity contribution in [1.82, 2.24) is 0 Å². The molecule has 2 N–H and O–H groups in total. The van der Waals surface area contributed by atoms with E-state index in [2.05, 4.69) is 37.2 Å². The first-order valence-electron chi connectivity index (χ1n) is 4.99. The van der Waals surface area contributed by atoms with Crippen LogP contribution in [0.25, 0.3) is 0 Å². The van der Waals surface area contributed by atoms with Crippen LogP contribution in [0.2, 0.25) is 0 Å². The van der Waals surface area contributed by atoms with Crippen molar-refractivity contribution < 1.29 is 9.90 Å². The molecule has 1 rings (SSSR count). The fourth-order valence-electron chi connectivity index (χ4n) is 1.36. The SMILES string of the molecule is CC(=CC(=O)O)CNc1c(Br)cc(C)cc1Br. The van der Waals surface area contributed by atoms with E-state index >= 15 is 0 Å². The summed E-state index contributed by atoms with van der Waals surface area (Å²) in [5.74, 6) is -0.925. The van der Waals surface area contributed by atoms with Gasteiger partial charge in [-0.3, -0.25) is 0 Å². The van der Waals surface area contributed by atoms with Crippen LogP contribution in [0.3, 0.4) is 0 Å². The average molecular weight is 363 g/mol. The van der Waals surface area contributed by atoms with Crippen molar-refractivity contribution in [1.29, 1.82) is 0 Å². The molecule has 0 aliphatic rings. The molecule has 0 heterocycles. The molecular weight excluding hydrogens is 350 g/mol. The van der Waals surface area contributed by atoms with Crippen LogP contribution in [0, 0.1) is 6.92 Å². The Hall–Kier alpha value is -0.810. The zero-order valence-electron chi connectivity index (χ0n) is 9.55. The topological polar surface area (TPSA) is 49.3 Å². The summed E-state index contributed by atoms with van der Waals surface area (Å²) in [4.78, 5) is 10.5. The predicted octanol–water partition coefficient (Wildman–Crippen LogP) is 3.96. The van der Waals surface area contributed by atoms with Gasteiger partial charge < -0.3 is 10.4 Å². The Morgan fingerprint density at radius 3 is 2.41 bits per heavy atom. The number of aliphatic carboxylic acids is 1. The van der Waals surface area contributed by atoms with Gasteiger partial charge in [-0.15, -0.1) is 0 Å². The van der Waals surface area contributed by atoms with Crippen molar-refractivity contribution >= 4 is 43.5 Å². The second kappa shape index (κ2) is 6.21. The molecule has 0 aliphatic heterocycles. The fraction of sp³-hybridized carbons (Fsp3) is 0.250. The first-order valence-corrected chi connectivity index (χ1v) is 6.58. The fourth-order valence-corrected chi connectivity index (χ4v) is 3.05. The highest BCUT2D eigenvalue weighted by Crippen LogP contribution is 2.32. The lowest BCUT2D eigenvalue weighted by Crippen LogP contribution is -2.05. The quantitative estimate of drug-likeness (QED) is 0.797. The summed E-state index contributed by atoms with van der Waals surface area (Å²) in [7, 11) is 0. The van der Waals surface area contributed by atoms with Gasteiger partial charge in [-0.2, -0.15) is 0 Å². The van der Waals surface area contributed by atoms with E-state index in [0.29, 0.717) is 6.54 Å². The molecule has 0 bridgehead atoms. The largest absolute Gasteiger partial charge is 0.478 e. The lowest BCUT2D eigenvalue weighted by molar-refractivity contribution is -0.131. The number of benzene rings is 1. The Balaban J connectivity index is 2.80. The number of anilines is 1. The maximum Gasteiger partial charge on any atom is 0.328 e. The molecule has 0 spiro atoms. The minimum Gasteiger partial charge on any atom is -0.478 e. The van der Waals surface area contributed by atoms with Crippen LogP contribution in [0.15, 0.2) is 32.7 Å². The first-order chi connectivity index (χ1) is 7.90. The van der Waals surface area contributed by atoms with Gasteiger partial charge in [-0.25, -0.2) is 4.79 Å². The van der Waals surface area contributed by atoms with Crippen LogP contribution in [0.5, 0.6) is 0 Å². The number of halogens is 2.